The lowest BCUT2D eigenvalue weighted by molar-refractivity contribution is -0.145. The van der Waals surface area contributed by atoms with Crippen molar-refractivity contribution < 1.29 is 9.53 Å². The van der Waals surface area contributed by atoms with Crippen molar-refractivity contribution in [1.29, 1.82) is 5.26 Å². The van der Waals surface area contributed by atoms with Gasteiger partial charge in [0, 0.05) is 6.92 Å². The third-order valence-electron chi connectivity index (χ3n) is 0.824. The Bertz CT molecular complexity index is 152. The number of carbonyl (C=O) groups excluding carboxylic acids is 1. The lowest BCUT2D eigenvalue weighted by Gasteiger charge is -2.08. The van der Waals surface area contributed by atoms with Crippen molar-refractivity contribution in [2.24, 2.45) is 0 Å². The van der Waals surface area contributed by atoms with E-state index in [1.54, 1.807) is 0 Å². The largest absolute Gasteiger partial charge is 0.460 e. The number of rotatable bonds is 3. The minimum Gasteiger partial charge on any atom is -0.460 e. The minimum absolute atomic E-state index is 0.156. The molecule has 0 aromatic carbocycles. The van der Waals surface area contributed by atoms with E-state index in [1.165, 1.54) is 6.92 Å². The van der Waals surface area contributed by atoms with Crippen LogP contribution in [0.5, 0.6) is 0 Å². The molecule has 1 unspecified atom stereocenters. The van der Waals surface area contributed by atoms with Gasteiger partial charge < -0.3 is 4.74 Å². The Morgan fingerprint density at radius 1 is 1.90 bits per heavy atom. The highest BCUT2D eigenvalue weighted by atomic mass is 35.5. The van der Waals surface area contributed by atoms with Crippen LogP contribution in [0.25, 0.3) is 0 Å². The lowest BCUT2D eigenvalue weighted by Crippen LogP contribution is -2.16. The van der Waals surface area contributed by atoms with Crippen LogP contribution in [-0.4, -0.2) is 18.0 Å². The van der Waals surface area contributed by atoms with Crippen molar-refractivity contribution in [3.8, 4) is 6.07 Å². The molecule has 0 aromatic rings. The number of hydrogen-bond acceptors (Lipinski definition) is 3. The van der Waals surface area contributed by atoms with Crippen molar-refractivity contribution >= 4 is 17.6 Å². The molecule has 4 heteroatoms. The average molecular weight is 162 g/mol. The molecule has 0 spiro atoms. The zero-order chi connectivity index (χ0) is 7.98. The van der Waals surface area contributed by atoms with Crippen molar-refractivity contribution in [1.82, 2.24) is 0 Å². The lowest BCUT2D eigenvalue weighted by atomic mass is 10.3. The van der Waals surface area contributed by atoms with Crippen LogP contribution in [0.2, 0.25) is 0 Å². The predicted molar refractivity (Wildman–Crippen MR) is 36.5 cm³/mol. The summed E-state index contributed by atoms with van der Waals surface area (Å²) in [6.07, 6.45) is -0.299. The van der Waals surface area contributed by atoms with Gasteiger partial charge in [0.05, 0.1) is 18.4 Å². The quantitative estimate of drug-likeness (QED) is 0.460. The van der Waals surface area contributed by atoms with E-state index < -0.39 is 12.1 Å². The zero-order valence-corrected chi connectivity index (χ0v) is 6.39. The van der Waals surface area contributed by atoms with Crippen LogP contribution in [0.15, 0.2) is 0 Å². The van der Waals surface area contributed by atoms with Gasteiger partial charge >= 0.3 is 5.97 Å². The maximum atomic E-state index is 10.3. The van der Waals surface area contributed by atoms with Gasteiger partial charge in [-0.05, 0) is 0 Å². The Hall–Kier alpha value is -0.750. The number of alkyl halides is 1. The van der Waals surface area contributed by atoms with Crippen LogP contribution < -0.4 is 0 Å². The first-order valence-electron chi connectivity index (χ1n) is 2.80. The Kier molecular flexibility index (Phi) is 4.69. The first kappa shape index (κ1) is 9.25. The highest BCUT2D eigenvalue weighted by Gasteiger charge is 2.08. The zero-order valence-electron chi connectivity index (χ0n) is 5.63. The second-order valence-corrected chi connectivity index (χ2v) is 2.06. The molecule has 0 aliphatic rings. The first-order valence-corrected chi connectivity index (χ1v) is 3.34. The van der Waals surface area contributed by atoms with E-state index in [1.807, 2.05) is 6.07 Å². The molecular weight excluding hydrogens is 154 g/mol. The van der Waals surface area contributed by atoms with E-state index in [9.17, 15) is 4.79 Å². The molecule has 56 valence electrons. The first-order chi connectivity index (χ1) is 4.70. The highest BCUT2D eigenvalue weighted by molar-refractivity contribution is 6.18. The number of esters is 1. The second kappa shape index (κ2) is 5.07. The van der Waals surface area contributed by atoms with Crippen LogP contribution in [-0.2, 0) is 9.53 Å². The van der Waals surface area contributed by atoms with Gasteiger partial charge in [0.25, 0.3) is 0 Å². The van der Waals surface area contributed by atoms with Gasteiger partial charge in [0.1, 0.15) is 6.10 Å². The topological polar surface area (TPSA) is 50.1 Å². The maximum absolute atomic E-state index is 10.3. The fourth-order valence-corrected chi connectivity index (χ4v) is 0.636. The van der Waals surface area contributed by atoms with E-state index in [0.29, 0.717) is 0 Å². The Morgan fingerprint density at radius 2 is 2.50 bits per heavy atom. The molecule has 0 aliphatic heterocycles. The number of ether oxygens (including phenoxy) is 1. The van der Waals surface area contributed by atoms with Crippen molar-refractivity contribution in [3.63, 3.8) is 0 Å². The van der Waals surface area contributed by atoms with Crippen LogP contribution >= 0.6 is 11.6 Å². The summed E-state index contributed by atoms with van der Waals surface area (Å²) in [6, 6.07) is 1.86. The number of nitrogens with zero attached hydrogens (tertiary/aromatic N) is 1. The molecule has 3 nitrogen and oxygen atoms in total. The number of hydrogen-bond donors (Lipinski definition) is 0. The number of halogens is 1. The molecule has 0 saturated carbocycles. The average Bonchev–Trinajstić information content (AvgIpc) is 1.86. The molecule has 0 amide bonds. The smallest absolute Gasteiger partial charge is 0.302 e. The van der Waals surface area contributed by atoms with Crippen LogP contribution in [0.4, 0.5) is 0 Å². The Morgan fingerprint density at radius 3 is 2.80 bits per heavy atom. The molecule has 0 aliphatic carbocycles. The summed E-state index contributed by atoms with van der Waals surface area (Å²) in [5.41, 5.74) is 0. The van der Waals surface area contributed by atoms with Crippen LogP contribution in [0.1, 0.15) is 13.3 Å². The fourth-order valence-electron chi connectivity index (χ4n) is 0.464. The monoisotopic (exact) mass is 161 g/mol. The molecule has 0 heterocycles. The van der Waals surface area contributed by atoms with Gasteiger partial charge in [-0.1, -0.05) is 0 Å². The maximum Gasteiger partial charge on any atom is 0.302 e. The third kappa shape index (κ3) is 4.16. The van der Waals surface area contributed by atoms with Gasteiger partial charge in [-0.3, -0.25) is 4.79 Å². The molecule has 0 saturated heterocycles. The van der Waals surface area contributed by atoms with Crippen molar-refractivity contribution in [2.45, 2.75) is 19.4 Å². The summed E-state index contributed by atoms with van der Waals surface area (Å²) < 4.78 is 4.65. The van der Waals surface area contributed by atoms with E-state index in [4.69, 9.17) is 16.9 Å². The van der Waals surface area contributed by atoms with Gasteiger partial charge in [0.2, 0.25) is 0 Å². The summed E-state index contributed by atoms with van der Waals surface area (Å²) in [5, 5.41) is 8.18. The molecule has 0 aromatic heterocycles. The van der Waals surface area contributed by atoms with Gasteiger partial charge in [-0.15, -0.1) is 11.6 Å². The van der Waals surface area contributed by atoms with Crippen LogP contribution in [0.3, 0.4) is 0 Å². The number of carbonyl (C=O) groups is 1. The van der Waals surface area contributed by atoms with Crippen LogP contribution in [0, 0.1) is 11.3 Å². The third-order valence-corrected chi connectivity index (χ3v) is 1.17. The summed E-state index contributed by atoms with van der Waals surface area (Å²) in [6.45, 7) is 1.29. The minimum atomic E-state index is -0.454. The molecule has 0 N–H and O–H groups in total. The Labute approximate surface area is 64.5 Å². The standard InChI is InChI=1S/C6H8ClNO2/c1-5(9)10-6(4-7)2-3-8/h6H,2,4H2,1H3. The summed E-state index contributed by atoms with van der Waals surface area (Å²) in [7, 11) is 0. The van der Waals surface area contributed by atoms with Crippen molar-refractivity contribution in [2.75, 3.05) is 5.88 Å². The number of nitriles is 1. The Balaban J connectivity index is 3.62. The predicted octanol–water partition coefficient (Wildman–Crippen LogP) is 1.07. The van der Waals surface area contributed by atoms with Gasteiger partial charge in [-0.2, -0.15) is 5.26 Å². The summed E-state index contributed by atoms with van der Waals surface area (Å²) in [5.74, 6) is -0.228. The molecular formula is C6H8ClNO2. The van der Waals surface area contributed by atoms with E-state index in [2.05, 4.69) is 4.74 Å². The van der Waals surface area contributed by atoms with Crippen molar-refractivity contribution in [3.05, 3.63) is 0 Å². The summed E-state index contributed by atoms with van der Waals surface area (Å²) in [4.78, 5) is 10.3. The highest BCUT2D eigenvalue weighted by Crippen LogP contribution is 1.99. The van der Waals surface area contributed by atoms with E-state index in [-0.39, 0.29) is 12.3 Å². The molecule has 10 heavy (non-hydrogen) atoms. The van der Waals surface area contributed by atoms with Gasteiger partial charge in [-0.25, -0.2) is 0 Å². The fraction of sp³-hybridized carbons (Fsp3) is 0.667. The molecule has 0 rings (SSSR count). The summed E-state index contributed by atoms with van der Waals surface area (Å²) >= 11 is 5.36. The molecule has 0 bridgehead atoms. The normalized spacial score (nSPS) is 11.7. The van der Waals surface area contributed by atoms with E-state index in [0.717, 1.165) is 0 Å². The second-order valence-electron chi connectivity index (χ2n) is 1.75. The molecule has 1 atom stereocenters. The van der Waals surface area contributed by atoms with E-state index >= 15 is 0 Å². The van der Waals surface area contributed by atoms with Gasteiger partial charge in [0.15, 0.2) is 0 Å². The molecule has 0 fully saturated rings. The molecule has 0 radical (unpaired) electrons. The SMILES string of the molecule is CC(=O)OC(CCl)CC#N.